The highest BCUT2D eigenvalue weighted by Crippen LogP contribution is 2.22. The number of hydrogen-bond acceptors (Lipinski definition) is 4. The Kier molecular flexibility index (Phi) is 5.27. The zero-order valence-corrected chi connectivity index (χ0v) is 12.9. The summed E-state index contributed by atoms with van der Waals surface area (Å²) in [4.78, 5) is 21.8. The van der Waals surface area contributed by atoms with Gasteiger partial charge in [0.15, 0.2) is 0 Å². The van der Waals surface area contributed by atoms with Crippen molar-refractivity contribution in [3.05, 3.63) is 68.7 Å². The van der Waals surface area contributed by atoms with Crippen LogP contribution in [0.3, 0.4) is 0 Å². The second kappa shape index (κ2) is 7.37. The van der Waals surface area contributed by atoms with Gasteiger partial charge in [-0.2, -0.15) is 5.10 Å². The lowest BCUT2D eigenvalue weighted by molar-refractivity contribution is -0.384. The Morgan fingerprint density at radius 2 is 1.96 bits per heavy atom. The third kappa shape index (κ3) is 4.52. The van der Waals surface area contributed by atoms with Crippen LogP contribution in [0.15, 0.2) is 47.6 Å². The van der Waals surface area contributed by atoms with Gasteiger partial charge in [-0.3, -0.25) is 10.1 Å². The predicted molar refractivity (Wildman–Crippen MR) is 89.0 cm³/mol. The minimum atomic E-state index is -0.520. The smallest absolute Gasteiger partial charge is 0.306 e. The number of carbonyl (C=O) groups is 1. The molecule has 2 aromatic carbocycles. The number of anilines is 1. The van der Waals surface area contributed by atoms with Crippen LogP contribution in [0.25, 0.3) is 0 Å². The lowest BCUT2D eigenvalue weighted by Crippen LogP contribution is -2.24. The molecule has 0 aliphatic heterocycles. The van der Waals surface area contributed by atoms with E-state index in [1.807, 2.05) is 0 Å². The third-order valence-electron chi connectivity index (χ3n) is 3.00. The monoisotopic (exact) mass is 332 g/mol. The Morgan fingerprint density at radius 3 is 2.61 bits per heavy atom. The van der Waals surface area contributed by atoms with Gasteiger partial charge in [-0.1, -0.05) is 17.7 Å². The van der Waals surface area contributed by atoms with E-state index in [-0.39, 0.29) is 5.69 Å². The number of halogens is 1. The molecule has 0 bridgehead atoms. The fourth-order valence-corrected chi connectivity index (χ4v) is 1.92. The zero-order valence-electron chi connectivity index (χ0n) is 12.1. The molecular formula is C15H13ClN4O3. The highest BCUT2D eigenvalue weighted by atomic mass is 35.5. The number of hydrogen-bond donors (Lipinski definition) is 2. The van der Waals surface area contributed by atoms with Crippen LogP contribution < -0.4 is 10.7 Å². The van der Waals surface area contributed by atoms with Gasteiger partial charge in [-0.15, -0.1) is 0 Å². The van der Waals surface area contributed by atoms with Crippen molar-refractivity contribution >= 4 is 35.2 Å². The second-order valence-electron chi connectivity index (χ2n) is 4.59. The minimum Gasteiger partial charge on any atom is -0.306 e. The maximum Gasteiger partial charge on any atom is 0.339 e. The van der Waals surface area contributed by atoms with Crippen molar-refractivity contribution < 1.29 is 9.72 Å². The molecule has 2 aromatic rings. The molecule has 2 rings (SSSR count). The zero-order chi connectivity index (χ0) is 16.8. The molecule has 2 amide bonds. The first kappa shape index (κ1) is 16.4. The van der Waals surface area contributed by atoms with Crippen LogP contribution in [-0.4, -0.2) is 17.2 Å². The van der Waals surface area contributed by atoms with Crippen molar-refractivity contribution in [2.45, 2.75) is 6.92 Å². The van der Waals surface area contributed by atoms with Gasteiger partial charge in [-0.05, 0) is 42.3 Å². The molecule has 0 saturated carbocycles. The molecule has 7 nitrogen and oxygen atoms in total. The van der Waals surface area contributed by atoms with Gasteiger partial charge in [0.05, 0.1) is 11.1 Å². The van der Waals surface area contributed by atoms with Gasteiger partial charge in [0, 0.05) is 22.8 Å². The Labute approximate surface area is 137 Å². The summed E-state index contributed by atoms with van der Waals surface area (Å²) in [5.74, 6) is 0. The lowest BCUT2D eigenvalue weighted by atomic mass is 10.2. The second-order valence-corrected chi connectivity index (χ2v) is 4.99. The van der Waals surface area contributed by atoms with E-state index in [0.29, 0.717) is 16.3 Å². The van der Waals surface area contributed by atoms with Gasteiger partial charge in [0.2, 0.25) is 0 Å². The highest BCUT2D eigenvalue weighted by Gasteiger charge is 2.05. The normalized spacial score (nSPS) is 10.5. The van der Waals surface area contributed by atoms with Crippen molar-refractivity contribution in [1.29, 1.82) is 0 Å². The van der Waals surface area contributed by atoms with E-state index in [1.54, 1.807) is 25.1 Å². The van der Waals surface area contributed by atoms with Crippen LogP contribution in [0.4, 0.5) is 16.2 Å². The summed E-state index contributed by atoms with van der Waals surface area (Å²) in [5.41, 5.74) is 4.25. The number of nitro benzene ring substituents is 1. The summed E-state index contributed by atoms with van der Waals surface area (Å²) >= 11 is 5.97. The first-order valence-electron chi connectivity index (χ1n) is 6.57. The standard InChI is InChI=1S/C15H13ClN4O3/c1-10-13(16)3-2-4-14(10)18-15(21)19-17-9-11-5-7-12(8-6-11)20(22)23/h2-9H,1H3,(H2,18,19,21)/b17-9+. The summed E-state index contributed by atoms with van der Waals surface area (Å²) in [7, 11) is 0. The predicted octanol–water partition coefficient (Wildman–Crippen LogP) is 3.71. The number of non-ortho nitro benzene ring substituents is 1. The Morgan fingerprint density at radius 1 is 1.26 bits per heavy atom. The molecule has 0 aliphatic rings. The minimum absolute atomic E-state index is 0.00992. The molecule has 0 heterocycles. The van der Waals surface area contributed by atoms with Gasteiger partial charge in [0.1, 0.15) is 0 Å². The van der Waals surface area contributed by atoms with E-state index in [1.165, 1.54) is 30.5 Å². The van der Waals surface area contributed by atoms with E-state index in [9.17, 15) is 14.9 Å². The third-order valence-corrected chi connectivity index (χ3v) is 3.41. The number of rotatable bonds is 4. The maximum atomic E-state index is 11.7. The molecule has 118 valence electrons. The molecular weight excluding hydrogens is 320 g/mol. The van der Waals surface area contributed by atoms with Gasteiger partial charge < -0.3 is 5.32 Å². The number of nitrogens with one attached hydrogen (secondary N) is 2. The molecule has 0 atom stereocenters. The number of urea groups is 1. The number of carbonyl (C=O) groups excluding carboxylic acids is 1. The van der Waals surface area contributed by atoms with Crippen LogP contribution in [0.2, 0.25) is 5.02 Å². The highest BCUT2D eigenvalue weighted by molar-refractivity contribution is 6.31. The number of nitrogens with zero attached hydrogens (tertiary/aromatic N) is 2. The molecule has 0 aliphatic carbocycles. The van der Waals surface area contributed by atoms with Crippen LogP contribution in [0.1, 0.15) is 11.1 Å². The van der Waals surface area contributed by atoms with Crippen LogP contribution in [0, 0.1) is 17.0 Å². The van der Waals surface area contributed by atoms with Crippen molar-refractivity contribution in [1.82, 2.24) is 5.43 Å². The topological polar surface area (TPSA) is 96.6 Å². The first-order chi connectivity index (χ1) is 11.0. The molecule has 0 radical (unpaired) electrons. The summed E-state index contributed by atoms with van der Waals surface area (Å²) in [6, 6.07) is 10.4. The van der Waals surface area contributed by atoms with Crippen molar-refractivity contribution in [2.24, 2.45) is 5.10 Å². The van der Waals surface area contributed by atoms with E-state index in [4.69, 9.17) is 11.6 Å². The number of hydrazone groups is 1. The van der Waals surface area contributed by atoms with Crippen LogP contribution in [0.5, 0.6) is 0 Å². The fraction of sp³-hybridized carbons (Fsp3) is 0.0667. The maximum absolute atomic E-state index is 11.7. The Hall–Kier alpha value is -2.93. The largest absolute Gasteiger partial charge is 0.339 e. The number of amides is 2. The number of benzene rings is 2. The van der Waals surface area contributed by atoms with E-state index >= 15 is 0 Å². The van der Waals surface area contributed by atoms with Gasteiger partial charge in [0.25, 0.3) is 5.69 Å². The number of nitro groups is 1. The van der Waals surface area contributed by atoms with Crippen LogP contribution >= 0.6 is 11.6 Å². The SMILES string of the molecule is Cc1c(Cl)cccc1NC(=O)N/N=C/c1ccc([N+](=O)[O-])cc1. The molecule has 2 N–H and O–H groups in total. The molecule has 0 spiro atoms. The fourth-order valence-electron chi connectivity index (χ4n) is 1.74. The van der Waals surface area contributed by atoms with Crippen molar-refractivity contribution in [3.8, 4) is 0 Å². The van der Waals surface area contributed by atoms with E-state index < -0.39 is 11.0 Å². The molecule has 0 aromatic heterocycles. The van der Waals surface area contributed by atoms with Gasteiger partial charge >= 0.3 is 6.03 Å². The lowest BCUT2D eigenvalue weighted by Gasteiger charge is -2.08. The van der Waals surface area contributed by atoms with E-state index in [0.717, 1.165) is 5.56 Å². The van der Waals surface area contributed by atoms with Crippen molar-refractivity contribution in [3.63, 3.8) is 0 Å². The van der Waals surface area contributed by atoms with Crippen LogP contribution in [-0.2, 0) is 0 Å². The summed E-state index contributed by atoms with van der Waals surface area (Å²) in [6.07, 6.45) is 1.38. The van der Waals surface area contributed by atoms with Gasteiger partial charge in [-0.25, -0.2) is 10.2 Å². The molecule has 0 fully saturated rings. The Balaban J connectivity index is 1.93. The average Bonchev–Trinajstić information content (AvgIpc) is 2.52. The molecule has 8 heteroatoms. The quantitative estimate of drug-likeness (QED) is 0.507. The Bertz CT molecular complexity index is 760. The summed E-state index contributed by atoms with van der Waals surface area (Å²) < 4.78 is 0. The van der Waals surface area contributed by atoms with Crippen molar-refractivity contribution in [2.75, 3.05) is 5.32 Å². The molecule has 0 unspecified atom stereocenters. The molecule has 23 heavy (non-hydrogen) atoms. The van der Waals surface area contributed by atoms with E-state index in [2.05, 4.69) is 15.8 Å². The molecule has 0 saturated heterocycles. The first-order valence-corrected chi connectivity index (χ1v) is 6.95. The summed E-state index contributed by atoms with van der Waals surface area (Å²) in [6.45, 7) is 1.79. The average molecular weight is 333 g/mol. The summed E-state index contributed by atoms with van der Waals surface area (Å²) in [5, 5.41) is 17.5.